The summed E-state index contributed by atoms with van der Waals surface area (Å²) in [6.45, 7) is 2.12. The van der Waals surface area contributed by atoms with Gasteiger partial charge in [-0.15, -0.1) is 0 Å². The third-order valence-electron chi connectivity index (χ3n) is 9.96. The van der Waals surface area contributed by atoms with Crippen molar-refractivity contribution in [3.63, 3.8) is 0 Å². The second-order valence-corrected chi connectivity index (χ2v) is 12.6. The monoisotopic (exact) mass is 603 g/mol. The first-order chi connectivity index (χ1) is 23.2. The fourth-order valence-corrected chi connectivity index (χ4v) is 8.09. The van der Waals surface area contributed by atoms with Gasteiger partial charge < -0.3 is 14.4 Å². The summed E-state index contributed by atoms with van der Waals surface area (Å²) in [5.74, 6) is 2.86. The number of benzene rings is 7. The van der Waals surface area contributed by atoms with Crippen molar-refractivity contribution in [1.29, 1.82) is 0 Å². The van der Waals surface area contributed by atoms with Gasteiger partial charge in [0.15, 0.2) is 23.0 Å². The lowest BCUT2D eigenvalue weighted by molar-refractivity contribution is 0.359. The van der Waals surface area contributed by atoms with Gasteiger partial charge in [0.05, 0.1) is 11.1 Å². The van der Waals surface area contributed by atoms with Crippen molar-refractivity contribution in [2.24, 2.45) is 0 Å². The van der Waals surface area contributed by atoms with Crippen LogP contribution in [0.25, 0.3) is 22.3 Å². The highest BCUT2D eigenvalue weighted by molar-refractivity contribution is 5.96. The standard InChI is InChI=1S/C44H29NO2/c1-28-12-11-15-30(24-28)45(29-13-3-2-4-14-29)31-22-23-40-41(25-31)47-43-27-39-35(26-42(43)46-40)34-18-7-10-21-38(34)44(39)36-19-8-5-16-32(36)33-17-6-9-20-37(33)44/h2-27H,1H3. The Balaban J connectivity index is 1.14. The van der Waals surface area contributed by atoms with E-state index in [9.17, 15) is 0 Å². The van der Waals surface area contributed by atoms with Gasteiger partial charge >= 0.3 is 0 Å². The Morgan fingerprint density at radius 3 is 1.60 bits per heavy atom. The van der Waals surface area contributed by atoms with Crippen LogP contribution in [-0.2, 0) is 5.41 Å². The van der Waals surface area contributed by atoms with Crippen molar-refractivity contribution in [1.82, 2.24) is 0 Å². The number of anilines is 3. The summed E-state index contributed by atoms with van der Waals surface area (Å²) in [7, 11) is 0. The molecule has 0 saturated heterocycles. The maximum Gasteiger partial charge on any atom is 0.172 e. The van der Waals surface area contributed by atoms with Crippen LogP contribution < -0.4 is 14.4 Å². The van der Waals surface area contributed by atoms with Crippen LogP contribution in [0.4, 0.5) is 17.1 Å². The minimum Gasteiger partial charge on any atom is -0.449 e. The number of nitrogens with zero attached hydrogens (tertiary/aromatic N) is 1. The first-order valence-corrected chi connectivity index (χ1v) is 16.1. The van der Waals surface area contributed by atoms with E-state index in [-0.39, 0.29) is 0 Å². The first kappa shape index (κ1) is 26.2. The number of hydrogen-bond acceptors (Lipinski definition) is 3. The molecule has 7 aromatic carbocycles. The Kier molecular flexibility index (Phi) is 5.41. The molecule has 7 aromatic rings. The zero-order valence-corrected chi connectivity index (χ0v) is 25.8. The number of rotatable bonds is 3. The molecular weight excluding hydrogens is 574 g/mol. The quantitative estimate of drug-likeness (QED) is 0.201. The third kappa shape index (κ3) is 3.62. The van der Waals surface area contributed by atoms with Crippen LogP contribution in [0.5, 0.6) is 23.0 Å². The highest BCUT2D eigenvalue weighted by Gasteiger charge is 2.52. The topological polar surface area (TPSA) is 21.7 Å². The van der Waals surface area contributed by atoms with E-state index in [1.54, 1.807) is 0 Å². The summed E-state index contributed by atoms with van der Waals surface area (Å²) in [4.78, 5) is 2.26. The third-order valence-corrected chi connectivity index (χ3v) is 9.96. The Morgan fingerprint density at radius 2 is 0.915 bits per heavy atom. The number of aryl methyl sites for hydroxylation is 1. The average Bonchev–Trinajstić information content (AvgIpc) is 3.57. The first-order valence-electron chi connectivity index (χ1n) is 16.1. The van der Waals surface area contributed by atoms with Gasteiger partial charge in [-0.3, -0.25) is 0 Å². The van der Waals surface area contributed by atoms with E-state index >= 15 is 0 Å². The zero-order valence-electron chi connectivity index (χ0n) is 25.8. The SMILES string of the molecule is Cc1cccc(N(c2ccccc2)c2ccc3c(c2)Oc2cc4c(cc2O3)-c2ccccc2C42c3ccccc3-c3ccccc32)c1. The fraction of sp³-hybridized carbons (Fsp3) is 0.0455. The lowest BCUT2D eigenvalue weighted by atomic mass is 9.70. The van der Waals surface area contributed by atoms with Crippen LogP contribution in [0, 0.1) is 6.92 Å². The molecule has 0 bridgehead atoms. The van der Waals surface area contributed by atoms with Crippen LogP contribution in [0.2, 0.25) is 0 Å². The van der Waals surface area contributed by atoms with Crippen molar-refractivity contribution in [3.05, 3.63) is 186 Å². The van der Waals surface area contributed by atoms with E-state index in [2.05, 4.69) is 157 Å². The lowest BCUT2D eigenvalue weighted by Gasteiger charge is -2.31. The molecule has 0 radical (unpaired) electrons. The van der Waals surface area contributed by atoms with Crippen molar-refractivity contribution < 1.29 is 9.47 Å². The fourth-order valence-electron chi connectivity index (χ4n) is 8.09. The minimum atomic E-state index is -0.436. The summed E-state index contributed by atoms with van der Waals surface area (Å²) >= 11 is 0. The molecule has 1 aliphatic heterocycles. The molecule has 3 nitrogen and oxygen atoms in total. The smallest absolute Gasteiger partial charge is 0.172 e. The predicted molar refractivity (Wildman–Crippen MR) is 189 cm³/mol. The molecule has 1 spiro atoms. The Morgan fingerprint density at radius 1 is 0.383 bits per heavy atom. The molecule has 0 amide bonds. The lowest BCUT2D eigenvalue weighted by Crippen LogP contribution is -2.25. The Bertz CT molecular complexity index is 2350. The summed E-state index contributed by atoms with van der Waals surface area (Å²) in [5.41, 5.74) is 14.1. The highest BCUT2D eigenvalue weighted by atomic mass is 16.6. The zero-order chi connectivity index (χ0) is 31.1. The average molecular weight is 604 g/mol. The molecule has 0 atom stereocenters. The number of hydrogen-bond donors (Lipinski definition) is 0. The van der Waals surface area contributed by atoms with Crippen molar-refractivity contribution in [2.75, 3.05) is 4.90 Å². The summed E-state index contributed by atoms with van der Waals surface area (Å²) < 4.78 is 13.4. The molecule has 10 rings (SSSR count). The van der Waals surface area contributed by atoms with Gasteiger partial charge in [0, 0.05) is 17.4 Å². The van der Waals surface area contributed by atoms with E-state index in [1.807, 2.05) is 12.1 Å². The van der Waals surface area contributed by atoms with Gasteiger partial charge in [0.1, 0.15) is 0 Å². The summed E-state index contributed by atoms with van der Waals surface area (Å²) in [5, 5.41) is 0. The molecule has 47 heavy (non-hydrogen) atoms. The van der Waals surface area contributed by atoms with E-state index in [0.717, 1.165) is 28.6 Å². The minimum absolute atomic E-state index is 0.436. The van der Waals surface area contributed by atoms with E-state index in [4.69, 9.17) is 9.47 Å². The molecule has 0 saturated carbocycles. The van der Waals surface area contributed by atoms with Crippen LogP contribution in [-0.4, -0.2) is 0 Å². The molecular formula is C44H29NO2. The van der Waals surface area contributed by atoms with E-state index in [1.165, 1.54) is 50.1 Å². The Labute approximate surface area is 273 Å². The molecule has 2 aliphatic carbocycles. The van der Waals surface area contributed by atoms with Gasteiger partial charge in [-0.2, -0.15) is 0 Å². The molecule has 1 heterocycles. The van der Waals surface area contributed by atoms with E-state index in [0.29, 0.717) is 11.5 Å². The number of fused-ring (bicyclic) bond motifs is 12. The van der Waals surface area contributed by atoms with Crippen molar-refractivity contribution >= 4 is 17.1 Å². The van der Waals surface area contributed by atoms with Crippen LogP contribution in [0.15, 0.2) is 158 Å². The maximum atomic E-state index is 6.81. The second kappa shape index (κ2) is 9.72. The second-order valence-electron chi connectivity index (χ2n) is 12.6. The van der Waals surface area contributed by atoms with Gasteiger partial charge in [-0.25, -0.2) is 0 Å². The number of para-hydroxylation sites is 1. The summed E-state index contributed by atoms with van der Waals surface area (Å²) in [6, 6.07) is 56.2. The van der Waals surface area contributed by atoms with Crippen LogP contribution >= 0.6 is 0 Å². The van der Waals surface area contributed by atoms with E-state index < -0.39 is 5.41 Å². The van der Waals surface area contributed by atoms with Gasteiger partial charge in [-0.05, 0) is 106 Å². The van der Waals surface area contributed by atoms with Gasteiger partial charge in [0.25, 0.3) is 0 Å². The normalized spacial score (nSPS) is 13.7. The van der Waals surface area contributed by atoms with Crippen molar-refractivity contribution in [3.8, 4) is 45.3 Å². The van der Waals surface area contributed by atoms with Crippen LogP contribution in [0.1, 0.15) is 27.8 Å². The molecule has 3 aliphatic rings. The maximum absolute atomic E-state index is 6.81. The number of ether oxygens (including phenoxy) is 2. The Hall–Kier alpha value is -6.06. The predicted octanol–water partition coefficient (Wildman–Crippen LogP) is 11.7. The van der Waals surface area contributed by atoms with Crippen LogP contribution in [0.3, 0.4) is 0 Å². The highest BCUT2D eigenvalue weighted by Crippen LogP contribution is 2.64. The van der Waals surface area contributed by atoms with Gasteiger partial charge in [0.2, 0.25) is 0 Å². The molecule has 0 unspecified atom stereocenters. The molecule has 222 valence electrons. The van der Waals surface area contributed by atoms with Gasteiger partial charge in [-0.1, -0.05) is 103 Å². The molecule has 0 fully saturated rings. The molecule has 0 aromatic heterocycles. The largest absolute Gasteiger partial charge is 0.449 e. The molecule has 3 heteroatoms. The summed E-state index contributed by atoms with van der Waals surface area (Å²) in [6.07, 6.45) is 0. The molecule has 0 N–H and O–H groups in total. The van der Waals surface area contributed by atoms with Crippen molar-refractivity contribution in [2.45, 2.75) is 12.3 Å².